The molecule has 3 N–H and O–H groups in total. The van der Waals surface area contributed by atoms with Gasteiger partial charge in [0.05, 0.1) is 4.90 Å². The zero-order valence-corrected chi connectivity index (χ0v) is 19.7. The van der Waals surface area contributed by atoms with Crippen LogP contribution in [0.25, 0.3) is 10.9 Å². The summed E-state index contributed by atoms with van der Waals surface area (Å²) in [5.41, 5.74) is 1.50. The zero-order chi connectivity index (χ0) is 23.6. The molecule has 33 heavy (non-hydrogen) atoms. The average molecular weight is 468 g/mol. The number of nitrogens with one attached hydrogen (secondary N) is 3. The molecule has 1 fully saturated rings. The molecule has 1 amide bonds. The highest BCUT2D eigenvalue weighted by Gasteiger charge is 2.25. The lowest BCUT2D eigenvalue weighted by Gasteiger charge is -2.29. The number of pyridine rings is 1. The fraction of sp³-hybridized carbons (Fsp3) is 0.360. The number of fused-ring (bicyclic) bond motifs is 1. The van der Waals surface area contributed by atoms with Gasteiger partial charge in [0.25, 0.3) is 15.9 Å². The van der Waals surface area contributed by atoms with Gasteiger partial charge in [-0.1, -0.05) is 38.8 Å². The standard InChI is InChI=1S/C25H29N3O4S/c1-3-17-8-10-18(11-9-17)28-33(31,32)19-12-13-23-20(14-19)24(29)21(15-26-23)25(30)27-22-7-5-4-6-16(22)2/h8-16,22,28H,3-7H2,1-2H3,(H,26,29)(H,27,30)/t16-,22+/m0/s1. The predicted octanol–water partition coefficient (Wildman–Crippen LogP) is 4.20. The topological polar surface area (TPSA) is 108 Å². The van der Waals surface area contributed by atoms with Crippen LogP contribution >= 0.6 is 0 Å². The minimum absolute atomic E-state index is 0.0158. The molecule has 1 saturated carbocycles. The van der Waals surface area contributed by atoms with Gasteiger partial charge in [0.15, 0.2) is 0 Å². The van der Waals surface area contributed by atoms with E-state index in [2.05, 4.69) is 21.9 Å². The summed E-state index contributed by atoms with van der Waals surface area (Å²) in [4.78, 5) is 28.9. The summed E-state index contributed by atoms with van der Waals surface area (Å²) in [6.45, 7) is 4.13. The van der Waals surface area contributed by atoms with Gasteiger partial charge in [-0.2, -0.15) is 0 Å². The molecule has 7 nitrogen and oxygen atoms in total. The van der Waals surface area contributed by atoms with Gasteiger partial charge in [-0.25, -0.2) is 8.42 Å². The Balaban J connectivity index is 1.62. The molecule has 174 valence electrons. The van der Waals surface area contributed by atoms with Crippen molar-refractivity contribution in [3.05, 3.63) is 70.0 Å². The van der Waals surface area contributed by atoms with E-state index in [-0.39, 0.29) is 21.9 Å². The molecule has 2 atom stereocenters. The number of aryl methyl sites for hydroxylation is 1. The van der Waals surface area contributed by atoms with Crippen molar-refractivity contribution in [2.75, 3.05) is 4.72 Å². The molecule has 2 aromatic carbocycles. The van der Waals surface area contributed by atoms with Crippen molar-refractivity contribution in [2.45, 2.75) is 56.9 Å². The van der Waals surface area contributed by atoms with E-state index < -0.39 is 21.4 Å². The van der Waals surface area contributed by atoms with Crippen LogP contribution in [0.4, 0.5) is 5.69 Å². The van der Waals surface area contributed by atoms with E-state index in [0.29, 0.717) is 17.1 Å². The highest BCUT2D eigenvalue weighted by Crippen LogP contribution is 2.24. The number of aromatic amines is 1. The van der Waals surface area contributed by atoms with Gasteiger partial charge < -0.3 is 10.3 Å². The Morgan fingerprint density at radius 3 is 2.52 bits per heavy atom. The first kappa shape index (κ1) is 23.0. The fourth-order valence-electron chi connectivity index (χ4n) is 4.33. The highest BCUT2D eigenvalue weighted by molar-refractivity contribution is 7.92. The minimum Gasteiger partial charge on any atom is -0.360 e. The second-order valence-electron chi connectivity index (χ2n) is 8.74. The summed E-state index contributed by atoms with van der Waals surface area (Å²) < 4.78 is 28.4. The molecule has 0 radical (unpaired) electrons. The SMILES string of the molecule is CCc1ccc(NS(=O)(=O)c2ccc3[nH]cc(C(=O)N[C@@H]4CCCC[C@@H]4C)c(=O)c3c2)cc1. The molecule has 0 unspecified atom stereocenters. The lowest BCUT2D eigenvalue weighted by atomic mass is 9.86. The largest absolute Gasteiger partial charge is 0.360 e. The van der Waals surface area contributed by atoms with Crippen LogP contribution in [0.2, 0.25) is 0 Å². The molecule has 0 saturated heterocycles. The average Bonchev–Trinajstić information content (AvgIpc) is 2.81. The molecule has 1 aliphatic rings. The molecule has 4 rings (SSSR count). The van der Waals surface area contributed by atoms with E-state index in [0.717, 1.165) is 37.7 Å². The molecule has 8 heteroatoms. The molecule has 3 aromatic rings. The maximum absolute atomic E-state index is 13.1. The number of rotatable bonds is 6. The van der Waals surface area contributed by atoms with E-state index in [1.807, 2.05) is 19.1 Å². The van der Waals surface area contributed by atoms with Gasteiger partial charge in [0.2, 0.25) is 5.43 Å². The van der Waals surface area contributed by atoms with Crippen LogP contribution in [-0.2, 0) is 16.4 Å². The second-order valence-corrected chi connectivity index (χ2v) is 10.4. The van der Waals surface area contributed by atoms with E-state index >= 15 is 0 Å². The maximum atomic E-state index is 13.1. The van der Waals surface area contributed by atoms with Gasteiger partial charge in [-0.05, 0) is 61.1 Å². The Bertz CT molecular complexity index is 1330. The Morgan fingerprint density at radius 1 is 1.09 bits per heavy atom. The fourth-order valence-corrected chi connectivity index (χ4v) is 5.42. The number of anilines is 1. The van der Waals surface area contributed by atoms with E-state index in [4.69, 9.17) is 0 Å². The Labute approximate surface area is 193 Å². The van der Waals surface area contributed by atoms with Gasteiger partial charge in [0, 0.05) is 28.8 Å². The Kier molecular flexibility index (Phi) is 6.56. The summed E-state index contributed by atoms with van der Waals surface area (Å²) in [6, 6.07) is 11.5. The van der Waals surface area contributed by atoms with Crippen LogP contribution in [0.15, 0.2) is 58.4 Å². The van der Waals surface area contributed by atoms with Crippen LogP contribution < -0.4 is 15.5 Å². The summed E-state index contributed by atoms with van der Waals surface area (Å²) >= 11 is 0. The van der Waals surface area contributed by atoms with Crippen LogP contribution in [0.1, 0.15) is 55.5 Å². The van der Waals surface area contributed by atoms with Crippen LogP contribution in [0, 0.1) is 5.92 Å². The molecule has 0 bridgehead atoms. The van der Waals surface area contributed by atoms with E-state index in [1.165, 1.54) is 24.4 Å². The van der Waals surface area contributed by atoms with Crippen molar-refractivity contribution in [3.8, 4) is 0 Å². The maximum Gasteiger partial charge on any atom is 0.261 e. The number of aromatic nitrogens is 1. The number of hydrogen-bond acceptors (Lipinski definition) is 4. The Hall–Kier alpha value is -3.13. The number of hydrogen-bond donors (Lipinski definition) is 3. The monoisotopic (exact) mass is 467 g/mol. The van der Waals surface area contributed by atoms with Crippen LogP contribution in [-0.4, -0.2) is 25.4 Å². The molecular formula is C25H29N3O4S. The smallest absolute Gasteiger partial charge is 0.261 e. The molecule has 1 heterocycles. The zero-order valence-electron chi connectivity index (χ0n) is 18.9. The lowest BCUT2D eigenvalue weighted by molar-refractivity contribution is 0.0909. The number of carbonyl (C=O) groups is 1. The van der Waals surface area contributed by atoms with E-state index in [9.17, 15) is 18.0 Å². The third kappa shape index (κ3) is 4.95. The molecule has 1 aromatic heterocycles. The van der Waals surface area contributed by atoms with Crippen molar-refractivity contribution in [1.82, 2.24) is 10.3 Å². The third-order valence-electron chi connectivity index (χ3n) is 6.45. The molecule has 1 aliphatic carbocycles. The molecule has 0 aliphatic heterocycles. The quantitative estimate of drug-likeness (QED) is 0.505. The summed E-state index contributed by atoms with van der Waals surface area (Å²) in [7, 11) is -3.91. The number of benzene rings is 2. The highest BCUT2D eigenvalue weighted by atomic mass is 32.2. The first-order chi connectivity index (χ1) is 15.8. The minimum atomic E-state index is -3.91. The van der Waals surface area contributed by atoms with Gasteiger partial charge in [-0.3, -0.25) is 14.3 Å². The first-order valence-corrected chi connectivity index (χ1v) is 12.8. The van der Waals surface area contributed by atoms with Crippen molar-refractivity contribution >= 4 is 32.5 Å². The van der Waals surface area contributed by atoms with Gasteiger partial charge in [-0.15, -0.1) is 0 Å². The number of sulfonamides is 1. The molecule has 0 spiro atoms. The summed E-state index contributed by atoms with van der Waals surface area (Å²) in [6.07, 6.45) is 6.41. The van der Waals surface area contributed by atoms with Crippen molar-refractivity contribution < 1.29 is 13.2 Å². The van der Waals surface area contributed by atoms with Crippen LogP contribution in [0.5, 0.6) is 0 Å². The second kappa shape index (κ2) is 9.39. The van der Waals surface area contributed by atoms with Crippen molar-refractivity contribution in [3.63, 3.8) is 0 Å². The number of amides is 1. The number of carbonyl (C=O) groups excluding carboxylic acids is 1. The van der Waals surface area contributed by atoms with Crippen molar-refractivity contribution in [1.29, 1.82) is 0 Å². The van der Waals surface area contributed by atoms with Crippen LogP contribution in [0.3, 0.4) is 0 Å². The van der Waals surface area contributed by atoms with Crippen molar-refractivity contribution in [2.24, 2.45) is 5.92 Å². The Morgan fingerprint density at radius 2 is 1.82 bits per heavy atom. The number of H-pyrrole nitrogens is 1. The summed E-state index contributed by atoms with van der Waals surface area (Å²) in [5, 5.41) is 3.14. The lowest BCUT2D eigenvalue weighted by Crippen LogP contribution is -2.42. The third-order valence-corrected chi connectivity index (χ3v) is 7.83. The predicted molar refractivity (Wildman–Crippen MR) is 130 cm³/mol. The summed E-state index contributed by atoms with van der Waals surface area (Å²) in [5.74, 6) is -0.0734. The molecular weight excluding hydrogens is 438 g/mol. The van der Waals surface area contributed by atoms with E-state index in [1.54, 1.807) is 12.1 Å². The van der Waals surface area contributed by atoms with Gasteiger partial charge >= 0.3 is 0 Å². The normalized spacial score (nSPS) is 18.7. The first-order valence-electron chi connectivity index (χ1n) is 11.4. The van der Waals surface area contributed by atoms with Gasteiger partial charge in [0.1, 0.15) is 5.56 Å².